The Hall–Kier alpha value is -2.61. The van der Waals surface area contributed by atoms with Crippen LogP contribution >= 0.6 is 0 Å². The molecule has 1 aliphatic carbocycles. The van der Waals surface area contributed by atoms with Crippen molar-refractivity contribution < 1.29 is 13.3 Å². The Kier molecular flexibility index (Phi) is 5.41. The Morgan fingerprint density at radius 3 is 2.35 bits per heavy atom. The normalized spacial score (nSPS) is 15.4. The predicted molar refractivity (Wildman–Crippen MR) is 101 cm³/mol. The molecule has 1 fully saturated rings. The molecule has 2 aromatic carbocycles. The molecule has 8 heteroatoms. The summed E-state index contributed by atoms with van der Waals surface area (Å²) in [6, 6.07) is 12.6. The van der Waals surface area contributed by atoms with Crippen molar-refractivity contribution in [1.29, 1.82) is 0 Å². The fourth-order valence-electron chi connectivity index (χ4n) is 3.14. The van der Waals surface area contributed by atoms with Gasteiger partial charge in [0, 0.05) is 17.8 Å². The molecule has 0 unspecified atom stereocenters. The first-order chi connectivity index (χ1) is 12.5. The summed E-state index contributed by atoms with van der Waals surface area (Å²) < 4.78 is 27.5. The third-order valence-electron chi connectivity index (χ3n) is 4.47. The summed E-state index contributed by atoms with van der Waals surface area (Å²) in [4.78, 5) is 10.8. The Bertz CT molecular complexity index is 879. The van der Waals surface area contributed by atoms with Gasteiger partial charge in [-0.1, -0.05) is 37.5 Å². The van der Waals surface area contributed by atoms with Crippen LogP contribution in [0, 0.1) is 10.1 Å². The van der Waals surface area contributed by atoms with Gasteiger partial charge in [0.2, 0.25) is 0 Å². The molecule has 3 rings (SSSR count). The molecule has 7 nitrogen and oxygen atoms in total. The summed E-state index contributed by atoms with van der Waals surface area (Å²) in [6.45, 7) is 0. The smallest absolute Gasteiger partial charge is 0.293 e. The second kappa shape index (κ2) is 7.74. The zero-order valence-electron chi connectivity index (χ0n) is 14.2. The lowest BCUT2D eigenvalue weighted by molar-refractivity contribution is -0.384. The van der Waals surface area contributed by atoms with Gasteiger partial charge in [-0.25, -0.2) is 8.42 Å². The summed E-state index contributed by atoms with van der Waals surface area (Å²) >= 11 is 0. The third kappa shape index (κ3) is 4.32. The number of rotatable bonds is 6. The van der Waals surface area contributed by atoms with E-state index in [1.807, 2.05) is 0 Å². The van der Waals surface area contributed by atoms with Gasteiger partial charge in [-0.2, -0.15) is 0 Å². The molecule has 2 N–H and O–H groups in total. The van der Waals surface area contributed by atoms with Gasteiger partial charge in [0.25, 0.3) is 15.7 Å². The maximum atomic E-state index is 12.5. The zero-order valence-corrected chi connectivity index (χ0v) is 15.0. The van der Waals surface area contributed by atoms with Crippen LogP contribution < -0.4 is 10.0 Å². The summed E-state index contributed by atoms with van der Waals surface area (Å²) in [6.07, 6.45) is 5.31. The third-order valence-corrected chi connectivity index (χ3v) is 5.85. The SMILES string of the molecule is O=[N+]([O-])c1cc(S(=O)(=O)Nc2ccccc2)ccc1NC1CCCCC1. The molecule has 0 aliphatic heterocycles. The summed E-state index contributed by atoms with van der Waals surface area (Å²) in [7, 11) is -3.90. The molecule has 2 aromatic rings. The van der Waals surface area contributed by atoms with Gasteiger partial charge in [0.05, 0.1) is 9.82 Å². The van der Waals surface area contributed by atoms with Crippen LogP contribution in [-0.4, -0.2) is 19.4 Å². The number of nitrogens with one attached hydrogen (secondary N) is 2. The van der Waals surface area contributed by atoms with E-state index in [4.69, 9.17) is 0 Å². The highest BCUT2D eigenvalue weighted by molar-refractivity contribution is 7.92. The van der Waals surface area contributed by atoms with Crippen molar-refractivity contribution in [1.82, 2.24) is 0 Å². The van der Waals surface area contributed by atoms with Crippen LogP contribution in [-0.2, 0) is 10.0 Å². The van der Waals surface area contributed by atoms with E-state index in [-0.39, 0.29) is 16.6 Å². The number of nitro groups is 1. The molecule has 0 heterocycles. The molecule has 26 heavy (non-hydrogen) atoms. The molecule has 0 atom stereocenters. The van der Waals surface area contributed by atoms with Crippen molar-refractivity contribution in [2.75, 3.05) is 10.0 Å². The molecule has 0 bridgehead atoms. The average molecular weight is 375 g/mol. The topological polar surface area (TPSA) is 101 Å². The minimum atomic E-state index is -3.90. The standard InChI is InChI=1S/C18H21N3O4S/c22-21(23)18-13-16(26(24,25)20-15-9-5-2-6-10-15)11-12-17(18)19-14-7-3-1-4-8-14/h2,5-6,9-14,19-20H,1,3-4,7-8H2. The molecule has 0 saturated heterocycles. The van der Waals surface area contributed by atoms with E-state index in [2.05, 4.69) is 10.0 Å². The summed E-state index contributed by atoms with van der Waals surface area (Å²) in [5.74, 6) is 0. The van der Waals surface area contributed by atoms with Crippen molar-refractivity contribution in [3.05, 3.63) is 58.6 Å². The van der Waals surface area contributed by atoms with Gasteiger partial charge in [0.1, 0.15) is 5.69 Å². The van der Waals surface area contributed by atoms with E-state index < -0.39 is 14.9 Å². The van der Waals surface area contributed by atoms with Crippen LogP contribution in [0.1, 0.15) is 32.1 Å². The van der Waals surface area contributed by atoms with Crippen molar-refractivity contribution in [2.45, 2.75) is 43.0 Å². The highest BCUT2D eigenvalue weighted by Gasteiger charge is 2.23. The lowest BCUT2D eigenvalue weighted by Crippen LogP contribution is -2.23. The predicted octanol–water partition coefficient (Wildman–Crippen LogP) is 4.14. The zero-order chi connectivity index (χ0) is 18.6. The van der Waals surface area contributed by atoms with Crippen molar-refractivity contribution >= 4 is 27.1 Å². The summed E-state index contributed by atoms with van der Waals surface area (Å²) in [5, 5.41) is 14.7. The first-order valence-electron chi connectivity index (χ1n) is 8.58. The Morgan fingerprint density at radius 2 is 1.69 bits per heavy atom. The van der Waals surface area contributed by atoms with Crippen LogP contribution in [0.5, 0.6) is 0 Å². The number of nitro benzene ring substituents is 1. The molecule has 138 valence electrons. The minimum absolute atomic E-state index is 0.137. The molecule has 0 aromatic heterocycles. The fraction of sp³-hybridized carbons (Fsp3) is 0.333. The minimum Gasteiger partial charge on any atom is -0.377 e. The maximum absolute atomic E-state index is 12.5. The first-order valence-corrected chi connectivity index (χ1v) is 10.1. The van der Waals surface area contributed by atoms with Crippen LogP contribution in [0.3, 0.4) is 0 Å². The molecule has 1 saturated carbocycles. The Morgan fingerprint density at radius 1 is 1.00 bits per heavy atom. The van der Waals surface area contributed by atoms with Crippen LogP contribution in [0.4, 0.5) is 17.1 Å². The molecular weight excluding hydrogens is 354 g/mol. The number of anilines is 2. The van der Waals surface area contributed by atoms with Gasteiger partial charge in [-0.15, -0.1) is 0 Å². The number of para-hydroxylation sites is 1. The number of benzene rings is 2. The monoisotopic (exact) mass is 375 g/mol. The van der Waals surface area contributed by atoms with E-state index in [0.717, 1.165) is 31.7 Å². The van der Waals surface area contributed by atoms with Crippen molar-refractivity contribution in [2.24, 2.45) is 0 Å². The van der Waals surface area contributed by atoms with E-state index in [1.165, 1.54) is 18.6 Å². The Labute approximate surface area is 152 Å². The van der Waals surface area contributed by atoms with Gasteiger partial charge >= 0.3 is 0 Å². The Balaban J connectivity index is 1.86. The van der Waals surface area contributed by atoms with Crippen LogP contribution in [0.25, 0.3) is 0 Å². The molecular formula is C18H21N3O4S. The second-order valence-electron chi connectivity index (χ2n) is 6.39. The van der Waals surface area contributed by atoms with Gasteiger partial charge < -0.3 is 5.32 Å². The largest absolute Gasteiger partial charge is 0.377 e. The highest BCUT2D eigenvalue weighted by Crippen LogP contribution is 2.31. The number of nitrogens with zero attached hydrogens (tertiary/aromatic N) is 1. The van der Waals surface area contributed by atoms with Crippen molar-refractivity contribution in [3.63, 3.8) is 0 Å². The second-order valence-corrected chi connectivity index (χ2v) is 8.07. The molecule has 0 amide bonds. The van der Waals surface area contributed by atoms with E-state index >= 15 is 0 Å². The highest BCUT2D eigenvalue weighted by atomic mass is 32.2. The summed E-state index contributed by atoms with van der Waals surface area (Å²) in [5.41, 5.74) is 0.534. The fourth-order valence-corrected chi connectivity index (χ4v) is 4.22. The van der Waals surface area contributed by atoms with Gasteiger partial charge in [0.15, 0.2) is 0 Å². The van der Waals surface area contributed by atoms with Gasteiger partial charge in [-0.3, -0.25) is 14.8 Å². The van der Waals surface area contributed by atoms with E-state index in [0.29, 0.717) is 11.4 Å². The van der Waals surface area contributed by atoms with Crippen molar-refractivity contribution in [3.8, 4) is 0 Å². The number of hydrogen-bond acceptors (Lipinski definition) is 5. The molecule has 0 spiro atoms. The van der Waals surface area contributed by atoms with Crippen LogP contribution in [0.15, 0.2) is 53.4 Å². The lowest BCUT2D eigenvalue weighted by Gasteiger charge is -2.23. The number of sulfonamides is 1. The quantitative estimate of drug-likeness (QED) is 0.584. The maximum Gasteiger partial charge on any atom is 0.293 e. The van der Waals surface area contributed by atoms with E-state index in [1.54, 1.807) is 30.3 Å². The first kappa shape index (κ1) is 18.2. The average Bonchev–Trinajstić information content (AvgIpc) is 2.63. The lowest BCUT2D eigenvalue weighted by atomic mass is 9.95. The molecule has 1 aliphatic rings. The van der Waals surface area contributed by atoms with Gasteiger partial charge in [-0.05, 0) is 37.1 Å². The van der Waals surface area contributed by atoms with Crippen LogP contribution in [0.2, 0.25) is 0 Å². The van der Waals surface area contributed by atoms with E-state index in [9.17, 15) is 18.5 Å². The molecule has 0 radical (unpaired) electrons. The number of hydrogen-bond donors (Lipinski definition) is 2.